The van der Waals surface area contributed by atoms with Crippen LogP contribution in [-0.4, -0.2) is 101 Å². The molecule has 232 valence electrons. The molecule has 1 amide bonds. The van der Waals surface area contributed by atoms with E-state index in [0.717, 1.165) is 42.1 Å². The summed E-state index contributed by atoms with van der Waals surface area (Å²) in [5.74, 6) is -0.499. The quantitative estimate of drug-likeness (QED) is 0.287. The highest BCUT2D eigenvalue weighted by molar-refractivity contribution is 5.87. The van der Waals surface area contributed by atoms with E-state index in [1.807, 2.05) is 67.7 Å². The van der Waals surface area contributed by atoms with Crippen molar-refractivity contribution in [3.8, 4) is 17.4 Å². The first kappa shape index (κ1) is 30.7. The van der Waals surface area contributed by atoms with E-state index in [2.05, 4.69) is 16.7 Å². The standard InChI is InChI=1S/C33H44N4O6/c1-4-5-15-35(16-8-14-34(2)3)30(38)21-37-20-26(23-11-12-28-29(18-23)43-22-42-28)31(33(40)41)27(37)13-17-36-19-24-9-6-7-10-25(24)32(36)39/h6-7,9-12,18-19,26-27,31,39H,4-5,8,13-17,20-22H2,1-3H3,(H,40,41)/t26-,27+,31?/m1/s1. The highest BCUT2D eigenvalue weighted by atomic mass is 16.7. The lowest BCUT2D eigenvalue weighted by Gasteiger charge is -2.30. The molecule has 3 heterocycles. The summed E-state index contributed by atoms with van der Waals surface area (Å²) in [6.07, 6.45) is 5.16. The number of ether oxygens (including phenoxy) is 2. The van der Waals surface area contributed by atoms with Crippen LogP contribution in [0.25, 0.3) is 10.8 Å². The van der Waals surface area contributed by atoms with Crippen molar-refractivity contribution in [1.82, 2.24) is 19.3 Å². The third kappa shape index (κ3) is 6.91. The number of amides is 1. The van der Waals surface area contributed by atoms with Gasteiger partial charge in [-0.25, -0.2) is 0 Å². The van der Waals surface area contributed by atoms with Crippen LogP contribution in [0.15, 0.2) is 48.7 Å². The molecule has 0 bridgehead atoms. The Kier molecular flexibility index (Phi) is 9.77. The lowest BCUT2D eigenvalue weighted by atomic mass is 9.84. The van der Waals surface area contributed by atoms with Crippen molar-refractivity contribution in [2.45, 2.75) is 51.1 Å². The number of carboxylic acids is 1. The van der Waals surface area contributed by atoms with Gasteiger partial charge in [-0.15, -0.1) is 0 Å². The molecule has 10 heteroatoms. The van der Waals surface area contributed by atoms with Crippen LogP contribution in [0.2, 0.25) is 0 Å². The molecule has 3 atom stereocenters. The Balaban J connectivity index is 1.41. The number of aryl methyl sites for hydroxylation is 1. The smallest absolute Gasteiger partial charge is 0.308 e. The Morgan fingerprint density at radius 3 is 2.53 bits per heavy atom. The first-order valence-corrected chi connectivity index (χ1v) is 15.3. The molecular formula is C33H44N4O6. The fourth-order valence-corrected chi connectivity index (χ4v) is 6.53. The lowest BCUT2D eigenvalue weighted by molar-refractivity contribution is -0.144. The van der Waals surface area contributed by atoms with Gasteiger partial charge in [0, 0.05) is 55.1 Å². The second kappa shape index (κ2) is 13.7. The minimum absolute atomic E-state index is 0.0298. The zero-order valence-electron chi connectivity index (χ0n) is 25.4. The van der Waals surface area contributed by atoms with Crippen LogP contribution >= 0.6 is 0 Å². The number of benzene rings is 2. The summed E-state index contributed by atoms with van der Waals surface area (Å²) in [5.41, 5.74) is 0.861. The number of carbonyl (C=O) groups is 2. The molecule has 2 aromatic carbocycles. The summed E-state index contributed by atoms with van der Waals surface area (Å²) in [5, 5.41) is 23.2. The Bertz CT molecular complexity index is 1420. The second-order valence-electron chi connectivity index (χ2n) is 12.0. The molecule has 0 radical (unpaired) electrons. The van der Waals surface area contributed by atoms with Crippen LogP contribution in [-0.2, 0) is 16.1 Å². The zero-order valence-corrected chi connectivity index (χ0v) is 25.4. The predicted octanol–water partition coefficient (Wildman–Crippen LogP) is 4.21. The average Bonchev–Trinajstić information content (AvgIpc) is 3.68. The molecule has 43 heavy (non-hydrogen) atoms. The molecule has 0 saturated carbocycles. The Morgan fingerprint density at radius 2 is 1.79 bits per heavy atom. The van der Waals surface area contributed by atoms with Crippen molar-refractivity contribution in [2.24, 2.45) is 5.92 Å². The van der Waals surface area contributed by atoms with Crippen LogP contribution in [0.5, 0.6) is 17.4 Å². The molecule has 1 fully saturated rings. The van der Waals surface area contributed by atoms with Crippen molar-refractivity contribution in [3.05, 3.63) is 54.2 Å². The van der Waals surface area contributed by atoms with Crippen molar-refractivity contribution in [2.75, 3.05) is 53.6 Å². The van der Waals surface area contributed by atoms with Gasteiger partial charge in [-0.3, -0.25) is 14.5 Å². The monoisotopic (exact) mass is 592 g/mol. The maximum Gasteiger partial charge on any atom is 0.308 e. The summed E-state index contributed by atoms with van der Waals surface area (Å²) >= 11 is 0. The van der Waals surface area contributed by atoms with Crippen molar-refractivity contribution in [1.29, 1.82) is 0 Å². The Labute approximate surface area is 253 Å². The topological polar surface area (TPSA) is 108 Å². The summed E-state index contributed by atoms with van der Waals surface area (Å²) in [6.45, 7) is 5.54. The Hall–Kier alpha value is -3.76. The highest BCUT2D eigenvalue weighted by Crippen LogP contribution is 2.43. The van der Waals surface area contributed by atoms with E-state index in [0.29, 0.717) is 44.1 Å². The van der Waals surface area contributed by atoms with Gasteiger partial charge in [-0.05, 0) is 63.7 Å². The number of rotatable bonds is 14. The van der Waals surface area contributed by atoms with Gasteiger partial charge >= 0.3 is 5.97 Å². The van der Waals surface area contributed by atoms with Gasteiger partial charge in [0.05, 0.1) is 12.5 Å². The molecular weight excluding hydrogens is 548 g/mol. The number of fused-ring (bicyclic) bond motifs is 2. The number of likely N-dealkylation sites (tertiary alicyclic amines) is 1. The minimum Gasteiger partial charge on any atom is -0.494 e. The lowest BCUT2D eigenvalue weighted by Crippen LogP contribution is -2.45. The minimum atomic E-state index is -0.890. The van der Waals surface area contributed by atoms with Crippen molar-refractivity contribution in [3.63, 3.8) is 0 Å². The fraction of sp³-hybridized carbons (Fsp3) is 0.515. The number of aliphatic carboxylic acids is 1. The number of hydrogen-bond acceptors (Lipinski definition) is 7. The average molecular weight is 593 g/mol. The fourth-order valence-electron chi connectivity index (χ4n) is 6.53. The van der Waals surface area contributed by atoms with Gasteiger partial charge < -0.3 is 34.1 Å². The number of aromatic hydroxyl groups is 1. The van der Waals surface area contributed by atoms with Crippen LogP contribution < -0.4 is 9.47 Å². The molecule has 1 saturated heterocycles. The predicted molar refractivity (Wildman–Crippen MR) is 165 cm³/mol. The molecule has 1 aromatic heterocycles. The molecule has 0 spiro atoms. The van der Waals surface area contributed by atoms with E-state index in [4.69, 9.17) is 9.47 Å². The first-order valence-electron chi connectivity index (χ1n) is 15.3. The molecule has 1 unspecified atom stereocenters. The van der Waals surface area contributed by atoms with E-state index in [1.54, 1.807) is 4.57 Å². The van der Waals surface area contributed by atoms with Gasteiger partial charge in [0.2, 0.25) is 12.7 Å². The molecule has 2 N–H and O–H groups in total. The number of nitrogens with zero attached hydrogens (tertiary/aromatic N) is 4. The summed E-state index contributed by atoms with van der Waals surface area (Å²) in [7, 11) is 4.06. The molecule has 3 aromatic rings. The summed E-state index contributed by atoms with van der Waals surface area (Å²) in [4.78, 5) is 32.8. The summed E-state index contributed by atoms with van der Waals surface area (Å²) in [6, 6.07) is 12.9. The number of carbonyl (C=O) groups excluding carboxylic acids is 1. The third-order valence-corrected chi connectivity index (χ3v) is 8.80. The first-order chi connectivity index (χ1) is 20.8. The van der Waals surface area contributed by atoms with E-state index in [9.17, 15) is 19.8 Å². The van der Waals surface area contributed by atoms with Crippen molar-refractivity contribution < 1.29 is 29.3 Å². The van der Waals surface area contributed by atoms with Crippen LogP contribution in [0, 0.1) is 5.92 Å². The maximum atomic E-state index is 13.8. The van der Waals surface area contributed by atoms with Gasteiger partial charge in [-0.1, -0.05) is 37.6 Å². The number of unbranched alkanes of at least 4 members (excludes halogenated alkanes) is 1. The Morgan fingerprint density at radius 1 is 1.02 bits per heavy atom. The van der Waals surface area contributed by atoms with E-state index < -0.39 is 17.9 Å². The molecule has 0 aliphatic carbocycles. The normalized spacial score (nSPS) is 19.9. The SMILES string of the molecule is CCCCN(CCCN(C)C)C(=O)CN1C[C@H](c2ccc3c(c2)OCO3)C(C(=O)O)[C@@H]1CCn1cc2ccccc2c1O. The van der Waals surface area contributed by atoms with Gasteiger partial charge in [0.1, 0.15) is 0 Å². The van der Waals surface area contributed by atoms with Crippen LogP contribution in [0.3, 0.4) is 0 Å². The molecule has 2 aliphatic rings. The van der Waals surface area contributed by atoms with Gasteiger partial charge in [-0.2, -0.15) is 0 Å². The van der Waals surface area contributed by atoms with E-state index in [-0.39, 0.29) is 31.0 Å². The second-order valence-corrected chi connectivity index (χ2v) is 12.0. The third-order valence-electron chi connectivity index (χ3n) is 8.80. The number of aromatic nitrogens is 1. The van der Waals surface area contributed by atoms with E-state index in [1.165, 1.54) is 0 Å². The van der Waals surface area contributed by atoms with Crippen LogP contribution in [0.4, 0.5) is 0 Å². The molecule has 5 rings (SSSR count). The van der Waals surface area contributed by atoms with Crippen LogP contribution in [0.1, 0.15) is 44.1 Å². The highest BCUT2D eigenvalue weighted by Gasteiger charge is 2.47. The molecule has 2 aliphatic heterocycles. The summed E-state index contributed by atoms with van der Waals surface area (Å²) < 4.78 is 12.9. The van der Waals surface area contributed by atoms with Crippen molar-refractivity contribution >= 4 is 22.6 Å². The number of carboxylic acid groups (broad SMARTS) is 1. The molecule has 10 nitrogen and oxygen atoms in total. The maximum absolute atomic E-state index is 13.8. The van der Waals surface area contributed by atoms with E-state index >= 15 is 0 Å². The zero-order chi connectivity index (χ0) is 30.5. The van der Waals surface area contributed by atoms with Gasteiger partial charge in [0.25, 0.3) is 0 Å². The number of hydrogen-bond donors (Lipinski definition) is 2. The largest absolute Gasteiger partial charge is 0.494 e. The van der Waals surface area contributed by atoms with Gasteiger partial charge in [0.15, 0.2) is 17.4 Å².